The van der Waals surface area contributed by atoms with Crippen molar-refractivity contribution in [3.05, 3.63) is 29.8 Å². The third kappa shape index (κ3) is 7.12. The second-order valence-electron chi connectivity index (χ2n) is 7.02. The van der Waals surface area contributed by atoms with Gasteiger partial charge in [0.25, 0.3) is 0 Å². The topological polar surface area (TPSA) is 68.8 Å². The molecule has 0 saturated carbocycles. The summed E-state index contributed by atoms with van der Waals surface area (Å²) in [4.78, 5) is 18.7. The van der Waals surface area contributed by atoms with E-state index in [9.17, 15) is 4.79 Å². The first-order chi connectivity index (χ1) is 13.1. The molecule has 27 heavy (non-hydrogen) atoms. The minimum absolute atomic E-state index is 0.0582. The van der Waals surface area contributed by atoms with E-state index in [1.807, 2.05) is 13.8 Å². The molecule has 1 aromatic carbocycles. The summed E-state index contributed by atoms with van der Waals surface area (Å²) in [5.74, 6) is 0.808. The summed E-state index contributed by atoms with van der Waals surface area (Å²) in [6.45, 7) is 10.5. The quantitative estimate of drug-likeness (QED) is 0.460. The molecule has 150 valence electrons. The lowest BCUT2D eigenvalue weighted by Crippen LogP contribution is -2.39. The molecule has 1 aliphatic heterocycles. The molecule has 1 amide bonds. The zero-order valence-electron chi connectivity index (χ0n) is 17.1. The minimum Gasteiger partial charge on any atom is -0.372 e. The monoisotopic (exact) mass is 373 g/mol. The first-order valence-corrected chi connectivity index (χ1v) is 10.3. The van der Waals surface area contributed by atoms with Gasteiger partial charge in [-0.25, -0.2) is 0 Å². The van der Waals surface area contributed by atoms with E-state index in [4.69, 9.17) is 0 Å². The summed E-state index contributed by atoms with van der Waals surface area (Å²) >= 11 is 0. The maximum Gasteiger partial charge on any atom is 0.221 e. The van der Waals surface area contributed by atoms with Gasteiger partial charge in [0.05, 0.1) is 12.6 Å². The molecule has 0 radical (unpaired) electrons. The molecule has 1 aliphatic rings. The van der Waals surface area contributed by atoms with Gasteiger partial charge in [-0.15, -0.1) is 0 Å². The van der Waals surface area contributed by atoms with Gasteiger partial charge < -0.3 is 20.9 Å². The van der Waals surface area contributed by atoms with E-state index < -0.39 is 0 Å². The highest BCUT2D eigenvalue weighted by atomic mass is 16.1. The zero-order chi connectivity index (χ0) is 19.5. The van der Waals surface area contributed by atoms with Gasteiger partial charge in [-0.3, -0.25) is 9.79 Å². The highest BCUT2D eigenvalue weighted by Crippen LogP contribution is 2.23. The molecule has 6 nitrogen and oxygen atoms in total. The lowest BCUT2D eigenvalue weighted by atomic mass is 10.1. The number of hydrogen-bond acceptors (Lipinski definition) is 3. The van der Waals surface area contributed by atoms with Crippen molar-refractivity contribution in [1.82, 2.24) is 16.0 Å². The van der Waals surface area contributed by atoms with Crippen LogP contribution in [0.2, 0.25) is 0 Å². The summed E-state index contributed by atoms with van der Waals surface area (Å²) in [5.41, 5.74) is 2.54. The third-order valence-corrected chi connectivity index (χ3v) is 4.72. The average molecular weight is 374 g/mol. The van der Waals surface area contributed by atoms with Crippen LogP contribution in [0, 0.1) is 0 Å². The number of anilines is 1. The Bertz CT molecular complexity index is 610. The fourth-order valence-electron chi connectivity index (χ4n) is 3.20. The maximum absolute atomic E-state index is 11.7. The average Bonchev–Trinajstić information content (AvgIpc) is 3.21. The number of rotatable bonds is 9. The molecule has 1 heterocycles. The highest BCUT2D eigenvalue weighted by molar-refractivity contribution is 5.81. The van der Waals surface area contributed by atoms with Crippen LogP contribution >= 0.6 is 0 Å². The molecule has 1 fully saturated rings. The van der Waals surface area contributed by atoms with Crippen LogP contribution in [-0.4, -0.2) is 44.6 Å². The Balaban J connectivity index is 1.93. The van der Waals surface area contributed by atoms with Crippen LogP contribution in [0.3, 0.4) is 0 Å². The fourth-order valence-corrected chi connectivity index (χ4v) is 3.20. The minimum atomic E-state index is 0.0582. The summed E-state index contributed by atoms with van der Waals surface area (Å²) in [5, 5.41) is 9.61. The van der Waals surface area contributed by atoms with Gasteiger partial charge in [0.2, 0.25) is 5.91 Å². The van der Waals surface area contributed by atoms with Crippen molar-refractivity contribution < 1.29 is 4.79 Å². The van der Waals surface area contributed by atoms with Gasteiger partial charge >= 0.3 is 0 Å². The highest BCUT2D eigenvalue weighted by Gasteiger charge is 2.14. The van der Waals surface area contributed by atoms with Crippen molar-refractivity contribution >= 4 is 17.6 Å². The Morgan fingerprint density at radius 1 is 1.22 bits per heavy atom. The fraction of sp³-hybridized carbons (Fsp3) is 0.619. The molecule has 1 aromatic rings. The van der Waals surface area contributed by atoms with Gasteiger partial charge in [0.1, 0.15) is 0 Å². The van der Waals surface area contributed by atoms with Gasteiger partial charge in [-0.05, 0) is 50.8 Å². The van der Waals surface area contributed by atoms with Crippen molar-refractivity contribution in [3.63, 3.8) is 0 Å². The van der Waals surface area contributed by atoms with Crippen molar-refractivity contribution in [3.8, 4) is 0 Å². The summed E-state index contributed by atoms with van der Waals surface area (Å²) < 4.78 is 0. The maximum atomic E-state index is 11.7. The number of aliphatic imine (C=N–C) groups is 1. The van der Waals surface area contributed by atoms with Crippen LogP contribution in [0.5, 0.6) is 0 Å². The van der Waals surface area contributed by atoms with Gasteiger partial charge in [0, 0.05) is 38.3 Å². The summed E-state index contributed by atoms with van der Waals surface area (Å²) in [7, 11) is 0. The molecule has 1 unspecified atom stereocenters. The van der Waals surface area contributed by atoms with E-state index in [0.29, 0.717) is 13.0 Å². The molecule has 0 aliphatic carbocycles. The number of hydrogen-bond donors (Lipinski definition) is 3. The van der Waals surface area contributed by atoms with E-state index in [1.165, 1.54) is 24.1 Å². The standard InChI is InChI=1S/C21H35N5O/c1-4-12-23-20(27)11-13-24-21(22-5-2)25-17(3)18-9-8-10-19(16-18)26-14-6-7-15-26/h8-10,16-17H,4-7,11-15H2,1-3H3,(H,23,27)(H2,22,24,25). The van der Waals surface area contributed by atoms with E-state index in [-0.39, 0.29) is 11.9 Å². The zero-order valence-corrected chi connectivity index (χ0v) is 17.1. The van der Waals surface area contributed by atoms with Crippen LogP contribution in [0.15, 0.2) is 29.3 Å². The van der Waals surface area contributed by atoms with Crippen LogP contribution in [0.4, 0.5) is 5.69 Å². The Morgan fingerprint density at radius 2 is 2.00 bits per heavy atom. The lowest BCUT2D eigenvalue weighted by molar-refractivity contribution is -0.120. The molecular weight excluding hydrogens is 338 g/mol. The third-order valence-electron chi connectivity index (χ3n) is 4.72. The van der Waals surface area contributed by atoms with E-state index in [1.54, 1.807) is 0 Å². The first kappa shape index (κ1) is 21.1. The second-order valence-corrected chi connectivity index (χ2v) is 7.02. The molecule has 6 heteroatoms. The van der Waals surface area contributed by atoms with Crippen LogP contribution in [0.25, 0.3) is 0 Å². The number of carbonyl (C=O) groups excluding carboxylic acids is 1. The van der Waals surface area contributed by atoms with Crippen LogP contribution in [0.1, 0.15) is 58.1 Å². The Hall–Kier alpha value is -2.24. The predicted molar refractivity (Wildman–Crippen MR) is 113 cm³/mol. The van der Waals surface area contributed by atoms with E-state index in [0.717, 1.165) is 38.6 Å². The first-order valence-electron chi connectivity index (χ1n) is 10.3. The Kier molecular flexibility index (Phi) is 8.95. The van der Waals surface area contributed by atoms with Crippen molar-refractivity contribution in [1.29, 1.82) is 0 Å². The SMILES string of the molecule is CCCNC(=O)CCN=C(NCC)NC(C)c1cccc(N2CCCC2)c1. The molecule has 0 spiro atoms. The number of carbonyl (C=O) groups is 1. The van der Waals surface area contributed by atoms with Crippen molar-refractivity contribution in [2.24, 2.45) is 4.99 Å². The largest absolute Gasteiger partial charge is 0.372 e. The molecular formula is C21H35N5O. The number of benzene rings is 1. The summed E-state index contributed by atoms with van der Waals surface area (Å²) in [6, 6.07) is 8.88. The molecule has 0 bridgehead atoms. The lowest BCUT2D eigenvalue weighted by Gasteiger charge is -2.22. The Labute approximate surface area is 163 Å². The number of nitrogens with zero attached hydrogens (tertiary/aromatic N) is 2. The molecule has 2 rings (SSSR count). The molecule has 1 saturated heterocycles. The smallest absolute Gasteiger partial charge is 0.221 e. The number of amides is 1. The van der Waals surface area contributed by atoms with Crippen molar-refractivity contribution in [2.45, 2.75) is 52.5 Å². The van der Waals surface area contributed by atoms with Crippen LogP contribution < -0.4 is 20.9 Å². The number of nitrogens with one attached hydrogen (secondary N) is 3. The summed E-state index contributed by atoms with van der Waals surface area (Å²) in [6.07, 6.45) is 3.92. The Morgan fingerprint density at radius 3 is 2.70 bits per heavy atom. The molecule has 1 atom stereocenters. The number of guanidine groups is 1. The van der Waals surface area contributed by atoms with Gasteiger partial charge in [-0.1, -0.05) is 19.1 Å². The molecule has 3 N–H and O–H groups in total. The molecule has 0 aromatic heterocycles. The van der Waals surface area contributed by atoms with Gasteiger partial charge in [-0.2, -0.15) is 0 Å². The predicted octanol–water partition coefficient (Wildman–Crippen LogP) is 2.82. The second kappa shape index (κ2) is 11.5. The van der Waals surface area contributed by atoms with E-state index in [2.05, 4.69) is 57.0 Å². The normalized spacial score (nSPS) is 15.5. The van der Waals surface area contributed by atoms with Crippen LogP contribution in [-0.2, 0) is 4.79 Å². The van der Waals surface area contributed by atoms with Crippen molar-refractivity contribution in [2.75, 3.05) is 37.6 Å². The van der Waals surface area contributed by atoms with E-state index >= 15 is 0 Å². The van der Waals surface area contributed by atoms with Gasteiger partial charge in [0.15, 0.2) is 5.96 Å².